The zero-order valence-electron chi connectivity index (χ0n) is 18.1. The third-order valence-corrected chi connectivity index (χ3v) is 4.33. The quantitative estimate of drug-likeness (QED) is 0.363. The Kier molecular flexibility index (Phi) is 1.53. The Bertz CT molecular complexity index is 1380. The fraction of sp³-hybridized carbons (Fsp3) is 0.0952. The van der Waals surface area contributed by atoms with Gasteiger partial charge in [0.1, 0.15) is 11.2 Å². The van der Waals surface area contributed by atoms with E-state index in [4.69, 9.17) is 12.6 Å². The molecule has 5 rings (SSSR count). The van der Waals surface area contributed by atoms with E-state index in [0.717, 1.165) is 33.3 Å². The van der Waals surface area contributed by atoms with E-state index < -0.39 is 13.7 Å². The summed E-state index contributed by atoms with van der Waals surface area (Å²) in [5.41, 5.74) is 1.87. The van der Waals surface area contributed by atoms with Crippen LogP contribution in [0.4, 0.5) is 0 Å². The van der Waals surface area contributed by atoms with Crippen molar-refractivity contribution in [1.82, 2.24) is 4.98 Å². The van der Waals surface area contributed by atoms with Crippen molar-refractivity contribution in [3.05, 3.63) is 65.9 Å². The minimum atomic E-state index is -2.57. The zero-order chi connectivity index (χ0) is 20.6. The van der Waals surface area contributed by atoms with Crippen molar-refractivity contribution >= 4 is 32.7 Å². The van der Waals surface area contributed by atoms with Crippen molar-refractivity contribution in [2.45, 2.75) is 13.7 Å². The lowest BCUT2D eigenvalue weighted by atomic mass is 9.98. The first-order valence-corrected chi connectivity index (χ1v) is 7.32. The van der Waals surface area contributed by atoms with Gasteiger partial charge in [0, 0.05) is 30.8 Å². The second-order valence-electron chi connectivity index (χ2n) is 5.68. The molecule has 23 heavy (non-hydrogen) atoms. The van der Waals surface area contributed by atoms with Crippen LogP contribution in [0.15, 0.2) is 59.1 Å². The first-order valence-electron chi connectivity index (χ1n) is 10.3. The summed E-state index contributed by atoms with van der Waals surface area (Å²) in [4.78, 5) is 4.29. The smallest absolute Gasteiger partial charge is 0.145 e. The maximum atomic E-state index is 7.80. The standard InChI is InChI=1S/C21H15NO/c1-12-10-17(22-11-13(12)2)16-9-8-15-7-6-14-4-3-5-18-19(14)20(15)21(16)23-18/h3-11H,1-2H3/i1D3,2D3. The van der Waals surface area contributed by atoms with Crippen LogP contribution in [0.3, 0.4) is 0 Å². The number of furan rings is 1. The van der Waals surface area contributed by atoms with Gasteiger partial charge in [-0.1, -0.05) is 30.3 Å². The van der Waals surface area contributed by atoms with E-state index >= 15 is 0 Å². The highest BCUT2D eigenvalue weighted by Crippen LogP contribution is 2.41. The van der Waals surface area contributed by atoms with Gasteiger partial charge in [0.2, 0.25) is 0 Å². The molecule has 0 N–H and O–H groups in total. The van der Waals surface area contributed by atoms with E-state index in [0.29, 0.717) is 16.8 Å². The molecule has 0 fully saturated rings. The average Bonchev–Trinajstić information content (AvgIpc) is 3.05. The summed E-state index contributed by atoms with van der Waals surface area (Å²) in [5, 5.41) is 4.03. The summed E-state index contributed by atoms with van der Waals surface area (Å²) in [7, 11) is 0. The van der Waals surface area contributed by atoms with Gasteiger partial charge in [-0.25, -0.2) is 0 Å². The van der Waals surface area contributed by atoms with E-state index in [9.17, 15) is 0 Å². The van der Waals surface area contributed by atoms with Crippen molar-refractivity contribution < 1.29 is 12.6 Å². The van der Waals surface area contributed by atoms with Gasteiger partial charge in [0.15, 0.2) is 0 Å². The zero-order valence-corrected chi connectivity index (χ0v) is 12.1. The lowest BCUT2D eigenvalue weighted by Crippen LogP contribution is -1.89. The van der Waals surface area contributed by atoms with Crippen LogP contribution < -0.4 is 0 Å². The molecular formula is C21H15NO. The molecule has 0 aliphatic carbocycles. The SMILES string of the molecule is [2H]C([2H])([2H])c1cnc(-c2ccc3ccc4cccc5oc2c3c45)cc1C([2H])([2H])[2H]. The van der Waals surface area contributed by atoms with Gasteiger partial charge in [-0.05, 0) is 53.8 Å². The monoisotopic (exact) mass is 303 g/mol. The Labute approximate surface area is 142 Å². The van der Waals surface area contributed by atoms with E-state index in [1.807, 2.05) is 42.5 Å². The number of aromatic nitrogens is 1. The Morgan fingerprint density at radius 3 is 2.61 bits per heavy atom. The minimum absolute atomic E-state index is 0.219. The second-order valence-corrected chi connectivity index (χ2v) is 5.68. The van der Waals surface area contributed by atoms with Gasteiger partial charge < -0.3 is 4.42 Å². The molecule has 0 unspecified atom stereocenters. The molecule has 2 nitrogen and oxygen atoms in total. The van der Waals surface area contributed by atoms with Crippen LogP contribution in [0.5, 0.6) is 0 Å². The first-order chi connectivity index (χ1) is 13.6. The number of nitrogens with zero attached hydrogens (tertiary/aromatic N) is 1. The van der Waals surface area contributed by atoms with Crippen molar-refractivity contribution in [3.8, 4) is 11.3 Å². The Balaban J connectivity index is 1.83. The Morgan fingerprint density at radius 1 is 0.913 bits per heavy atom. The average molecular weight is 303 g/mol. The highest BCUT2D eigenvalue weighted by molar-refractivity contribution is 6.23. The predicted octanol–water partition coefficient (Wildman–Crippen LogP) is 5.86. The van der Waals surface area contributed by atoms with E-state index in [-0.39, 0.29) is 11.1 Å². The topological polar surface area (TPSA) is 26.0 Å². The lowest BCUT2D eigenvalue weighted by molar-refractivity contribution is 0.670. The molecule has 0 saturated carbocycles. The number of benzene rings is 3. The highest BCUT2D eigenvalue weighted by Gasteiger charge is 2.17. The molecule has 0 bridgehead atoms. The van der Waals surface area contributed by atoms with Crippen molar-refractivity contribution in [2.24, 2.45) is 0 Å². The van der Waals surface area contributed by atoms with E-state index in [2.05, 4.69) is 4.98 Å². The van der Waals surface area contributed by atoms with Crippen molar-refractivity contribution in [2.75, 3.05) is 0 Å². The molecule has 5 aromatic rings. The summed E-state index contributed by atoms with van der Waals surface area (Å²) in [5.74, 6) is 0. The lowest BCUT2D eigenvalue weighted by Gasteiger charge is -2.07. The van der Waals surface area contributed by atoms with Gasteiger partial charge in [-0.3, -0.25) is 4.98 Å². The van der Waals surface area contributed by atoms with Gasteiger partial charge in [0.05, 0.1) is 5.69 Å². The van der Waals surface area contributed by atoms with Gasteiger partial charge in [-0.15, -0.1) is 0 Å². The van der Waals surface area contributed by atoms with Crippen LogP contribution in [-0.2, 0) is 0 Å². The molecule has 0 aliphatic rings. The van der Waals surface area contributed by atoms with Crippen LogP contribution in [0.25, 0.3) is 44.0 Å². The van der Waals surface area contributed by atoms with Gasteiger partial charge in [0.25, 0.3) is 0 Å². The van der Waals surface area contributed by atoms with Crippen LogP contribution in [0.2, 0.25) is 0 Å². The maximum absolute atomic E-state index is 7.80. The van der Waals surface area contributed by atoms with E-state index in [1.54, 1.807) is 0 Å². The van der Waals surface area contributed by atoms with Crippen LogP contribution in [-0.4, -0.2) is 4.98 Å². The van der Waals surface area contributed by atoms with Gasteiger partial charge in [-0.2, -0.15) is 0 Å². The number of hydrogen-bond acceptors (Lipinski definition) is 2. The number of pyridine rings is 1. The van der Waals surface area contributed by atoms with Crippen molar-refractivity contribution in [1.29, 1.82) is 0 Å². The molecule has 0 saturated heterocycles. The highest BCUT2D eigenvalue weighted by atomic mass is 16.3. The molecule has 3 aromatic carbocycles. The molecule has 0 atom stereocenters. The maximum Gasteiger partial charge on any atom is 0.145 e. The minimum Gasteiger partial charge on any atom is -0.455 e. The fourth-order valence-corrected chi connectivity index (χ4v) is 3.23. The van der Waals surface area contributed by atoms with E-state index in [1.165, 1.54) is 6.07 Å². The third kappa shape index (κ3) is 1.66. The summed E-state index contributed by atoms with van der Waals surface area (Å²) in [6.45, 7) is -5.13. The molecule has 0 spiro atoms. The molecule has 2 heteroatoms. The fourth-order valence-electron chi connectivity index (χ4n) is 3.23. The van der Waals surface area contributed by atoms with Crippen LogP contribution >= 0.6 is 0 Å². The number of rotatable bonds is 1. The van der Waals surface area contributed by atoms with Crippen molar-refractivity contribution in [3.63, 3.8) is 0 Å². The molecule has 110 valence electrons. The second kappa shape index (κ2) is 4.32. The Hall–Kier alpha value is -2.87. The van der Waals surface area contributed by atoms with Crippen LogP contribution in [0.1, 0.15) is 19.4 Å². The molecule has 2 heterocycles. The van der Waals surface area contributed by atoms with Crippen LogP contribution in [0, 0.1) is 13.7 Å². The summed E-state index contributed by atoms with van der Waals surface area (Å²) in [6.07, 6.45) is 1.14. The summed E-state index contributed by atoms with van der Waals surface area (Å²) < 4.78 is 52.5. The van der Waals surface area contributed by atoms with Gasteiger partial charge >= 0.3 is 0 Å². The summed E-state index contributed by atoms with van der Waals surface area (Å²) in [6, 6.07) is 15.0. The molecule has 2 aromatic heterocycles. The molecular weight excluding hydrogens is 282 g/mol. The summed E-state index contributed by atoms with van der Waals surface area (Å²) >= 11 is 0. The Morgan fingerprint density at radius 2 is 1.74 bits per heavy atom. The molecule has 0 aliphatic heterocycles. The third-order valence-electron chi connectivity index (χ3n) is 4.33. The number of aryl methyl sites for hydroxylation is 2. The normalized spacial score (nSPS) is 16.9. The largest absolute Gasteiger partial charge is 0.455 e. The molecule has 0 radical (unpaired) electrons. The number of hydrogen-bond donors (Lipinski definition) is 0. The first kappa shape index (κ1) is 8.11. The molecule has 0 amide bonds. The predicted molar refractivity (Wildman–Crippen MR) is 95.1 cm³/mol.